The van der Waals surface area contributed by atoms with Gasteiger partial charge in [-0.3, -0.25) is 9.10 Å². The predicted octanol–water partition coefficient (Wildman–Crippen LogP) is 2.78. The molecule has 0 fully saturated rings. The van der Waals surface area contributed by atoms with Gasteiger partial charge in [0.15, 0.2) is 0 Å². The van der Waals surface area contributed by atoms with Crippen molar-refractivity contribution in [3.63, 3.8) is 0 Å². The molecule has 7 nitrogen and oxygen atoms in total. The lowest BCUT2D eigenvalue weighted by Gasteiger charge is -2.29. The summed E-state index contributed by atoms with van der Waals surface area (Å²) in [5.74, 6) is 0.837. The molecule has 0 radical (unpaired) electrons. The van der Waals surface area contributed by atoms with Crippen LogP contribution in [0.4, 0.5) is 5.69 Å². The van der Waals surface area contributed by atoms with Gasteiger partial charge in [-0.2, -0.15) is 0 Å². The molecule has 0 spiro atoms. The number of methoxy groups -OCH3 is 1. The third-order valence-electron chi connectivity index (χ3n) is 3.96. The Morgan fingerprint density at radius 3 is 2.14 bits per heavy atom. The van der Waals surface area contributed by atoms with Crippen molar-refractivity contribution in [3.8, 4) is 11.5 Å². The molecule has 0 aliphatic rings. The molecular formula is C20H26N2O5S. The highest BCUT2D eigenvalue weighted by atomic mass is 32.2. The van der Waals surface area contributed by atoms with E-state index in [9.17, 15) is 13.2 Å². The number of benzene rings is 2. The van der Waals surface area contributed by atoms with Crippen molar-refractivity contribution < 1.29 is 22.7 Å². The van der Waals surface area contributed by atoms with Gasteiger partial charge < -0.3 is 14.8 Å². The van der Waals surface area contributed by atoms with Crippen molar-refractivity contribution >= 4 is 21.6 Å². The number of hydrogen-bond acceptors (Lipinski definition) is 5. The molecule has 1 N–H and O–H groups in total. The fourth-order valence-electron chi connectivity index (χ4n) is 2.75. The van der Waals surface area contributed by atoms with Gasteiger partial charge in [-0.25, -0.2) is 8.42 Å². The number of carbonyl (C=O) groups excluding carboxylic acids is 1. The minimum atomic E-state index is -3.68. The van der Waals surface area contributed by atoms with Crippen LogP contribution in [0.5, 0.6) is 11.5 Å². The third-order valence-corrected chi connectivity index (χ3v) is 5.21. The van der Waals surface area contributed by atoms with Gasteiger partial charge in [-0.15, -0.1) is 0 Å². The van der Waals surface area contributed by atoms with E-state index in [1.54, 1.807) is 38.1 Å². The van der Waals surface area contributed by atoms with Crippen LogP contribution in [0.1, 0.15) is 13.8 Å². The molecule has 2 atom stereocenters. The summed E-state index contributed by atoms with van der Waals surface area (Å²) in [7, 11) is -2.15. The molecule has 0 aromatic heterocycles. The monoisotopic (exact) mass is 406 g/mol. The Kier molecular flexibility index (Phi) is 7.42. The van der Waals surface area contributed by atoms with Crippen molar-refractivity contribution in [2.24, 2.45) is 0 Å². The van der Waals surface area contributed by atoms with Crippen LogP contribution in [0, 0.1) is 0 Å². The number of sulfonamides is 1. The Labute approximate surface area is 166 Å². The Bertz CT molecular complexity index is 869. The highest BCUT2D eigenvalue weighted by molar-refractivity contribution is 7.92. The highest BCUT2D eigenvalue weighted by Crippen LogP contribution is 2.26. The van der Waals surface area contributed by atoms with Crippen molar-refractivity contribution in [1.82, 2.24) is 5.32 Å². The maximum atomic E-state index is 12.5. The minimum Gasteiger partial charge on any atom is -0.457 e. The second-order valence-corrected chi connectivity index (χ2v) is 8.37. The van der Waals surface area contributed by atoms with E-state index in [-0.39, 0.29) is 6.04 Å². The number of ether oxygens (including phenoxy) is 2. The van der Waals surface area contributed by atoms with Crippen LogP contribution in [-0.4, -0.2) is 46.4 Å². The zero-order valence-electron chi connectivity index (χ0n) is 16.5. The maximum absolute atomic E-state index is 12.5. The zero-order valence-corrected chi connectivity index (χ0v) is 17.3. The predicted molar refractivity (Wildman–Crippen MR) is 109 cm³/mol. The first kappa shape index (κ1) is 21.7. The van der Waals surface area contributed by atoms with E-state index in [0.29, 0.717) is 23.8 Å². The van der Waals surface area contributed by atoms with Crippen LogP contribution < -0.4 is 14.4 Å². The van der Waals surface area contributed by atoms with Crippen molar-refractivity contribution in [1.29, 1.82) is 0 Å². The summed E-state index contributed by atoms with van der Waals surface area (Å²) in [5.41, 5.74) is 0.380. The van der Waals surface area contributed by atoms with E-state index >= 15 is 0 Å². The molecule has 2 aromatic rings. The van der Waals surface area contributed by atoms with Crippen LogP contribution in [0.15, 0.2) is 54.6 Å². The highest BCUT2D eigenvalue weighted by Gasteiger charge is 2.29. The average Bonchev–Trinajstić information content (AvgIpc) is 2.63. The first-order chi connectivity index (χ1) is 13.2. The molecule has 152 valence electrons. The van der Waals surface area contributed by atoms with Gasteiger partial charge in [-0.1, -0.05) is 18.2 Å². The third kappa shape index (κ3) is 5.97. The minimum absolute atomic E-state index is 0.233. The Morgan fingerprint density at radius 1 is 1.04 bits per heavy atom. The first-order valence-corrected chi connectivity index (χ1v) is 10.7. The summed E-state index contributed by atoms with van der Waals surface area (Å²) < 4.78 is 36.5. The molecule has 0 heterocycles. The lowest BCUT2D eigenvalue weighted by molar-refractivity contribution is -0.122. The summed E-state index contributed by atoms with van der Waals surface area (Å²) >= 11 is 0. The number of amides is 1. The topological polar surface area (TPSA) is 84.9 Å². The maximum Gasteiger partial charge on any atom is 0.243 e. The summed E-state index contributed by atoms with van der Waals surface area (Å²) in [5, 5.41) is 2.75. The molecular weight excluding hydrogens is 380 g/mol. The second-order valence-electron chi connectivity index (χ2n) is 6.51. The molecule has 0 aliphatic carbocycles. The molecule has 2 aromatic carbocycles. The van der Waals surface area contributed by atoms with E-state index in [1.807, 2.05) is 30.3 Å². The Morgan fingerprint density at radius 2 is 1.61 bits per heavy atom. The normalized spacial score (nSPS) is 13.4. The smallest absolute Gasteiger partial charge is 0.243 e. The van der Waals surface area contributed by atoms with Gasteiger partial charge in [0.2, 0.25) is 15.9 Å². The number of nitrogens with one attached hydrogen (secondary N) is 1. The standard InChI is InChI=1S/C20H26N2O5S/c1-15(14-26-3)21-20(23)16(2)22(28(4,24)25)17-10-12-19(13-11-17)27-18-8-6-5-7-9-18/h5-13,15-16H,14H2,1-4H3,(H,21,23)/t15-,16-/m0/s1. The molecule has 0 unspecified atom stereocenters. The number of rotatable bonds is 9. The largest absolute Gasteiger partial charge is 0.457 e. The van der Waals surface area contributed by atoms with Gasteiger partial charge in [0.1, 0.15) is 17.5 Å². The molecule has 0 saturated heterocycles. The Balaban J connectivity index is 2.20. The van der Waals surface area contributed by atoms with Crippen molar-refractivity contribution in [3.05, 3.63) is 54.6 Å². The summed E-state index contributed by atoms with van der Waals surface area (Å²) in [6, 6.07) is 14.7. The van der Waals surface area contributed by atoms with Gasteiger partial charge in [-0.05, 0) is 50.2 Å². The second kappa shape index (κ2) is 9.57. The number of hydrogen-bond donors (Lipinski definition) is 1. The summed E-state index contributed by atoms with van der Waals surface area (Å²) in [6.45, 7) is 3.67. The van der Waals surface area contributed by atoms with E-state index in [4.69, 9.17) is 9.47 Å². The molecule has 8 heteroatoms. The molecule has 1 amide bonds. The SMILES string of the molecule is COC[C@H](C)NC(=O)[C@H](C)N(c1ccc(Oc2ccccc2)cc1)S(C)(=O)=O. The lowest BCUT2D eigenvalue weighted by Crippen LogP contribution is -2.50. The summed E-state index contributed by atoms with van der Waals surface area (Å²) in [6.07, 6.45) is 1.07. The number of para-hydroxylation sites is 1. The molecule has 0 bridgehead atoms. The summed E-state index contributed by atoms with van der Waals surface area (Å²) in [4.78, 5) is 12.5. The van der Waals surface area contributed by atoms with Gasteiger partial charge >= 0.3 is 0 Å². The molecule has 28 heavy (non-hydrogen) atoms. The first-order valence-electron chi connectivity index (χ1n) is 8.84. The quantitative estimate of drug-likeness (QED) is 0.692. The fourth-order valence-corrected chi connectivity index (χ4v) is 3.92. The van der Waals surface area contributed by atoms with Gasteiger partial charge in [0, 0.05) is 13.2 Å². The van der Waals surface area contributed by atoms with E-state index in [1.165, 1.54) is 7.11 Å². The van der Waals surface area contributed by atoms with E-state index in [0.717, 1.165) is 10.6 Å². The van der Waals surface area contributed by atoms with Gasteiger partial charge in [0.25, 0.3) is 0 Å². The van der Waals surface area contributed by atoms with Crippen molar-refractivity contribution in [2.75, 3.05) is 24.3 Å². The van der Waals surface area contributed by atoms with Crippen LogP contribution >= 0.6 is 0 Å². The lowest BCUT2D eigenvalue weighted by atomic mass is 10.2. The Hall–Kier alpha value is -2.58. The number of carbonyl (C=O) groups is 1. The zero-order chi connectivity index (χ0) is 20.7. The van der Waals surface area contributed by atoms with Crippen LogP contribution in [0.3, 0.4) is 0 Å². The molecule has 0 aliphatic heterocycles. The van der Waals surface area contributed by atoms with Crippen LogP contribution in [-0.2, 0) is 19.6 Å². The van der Waals surface area contributed by atoms with Crippen LogP contribution in [0.2, 0.25) is 0 Å². The van der Waals surface area contributed by atoms with Crippen molar-refractivity contribution in [2.45, 2.75) is 25.9 Å². The molecule has 0 saturated carbocycles. The number of anilines is 1. The number of nitrogens with zero attached hydrogens (tertiary/aromatic N) is 1. The fraction of sp³-hybridized carbons (Fsp3) is 0.350. The van der Waals surface area contributed by atoms with E-state index in [2.05, 4.69) is 5.32 Å². The van der Waals surface area contributed by atoms with E-state index < -0.39 is 22.0 Å². The van der Waals surface area contributed by atoms with Gasteiger partial charge in [0.05, 0.1) is 18.6 Å². The average molecular weight is 407 g/mol. The molecule has 2 rings (SSSR count). The van der Waals surface area contributed by atoms with Crippen LogP contribution in [0.25, 0.3) is 0 Å².